The van der Waals surface area contributed by atoms with E-state index in [9.17, 15) is 0 Å². The van der Waals surface area contributed by atoms with Gasteiger partial charge in [-0.15, -0.1) is 11.6 Å². The fourth-order valence-electron chi connectivity index (χ4n) is 2.45. The molecule has 0 amide bonds. The number of furan rings is 1. The van der Waals surface area contributed by atoms with Gasteiger partial charge in [-0.2, -0.15) is 0 Å². The number of alkyl halides is 1. The van der Waals surface area contributed by atoms with Gasteiger partial charge in [0.25, 0.3) is 0 Å². The highest BCUT2D eigenvalue weighted by Crippen LogP contribution is 2.30. The van der Waals surface area contributed by atoms with Gasteiger partial charge < -0.3 is 13.7 Å². The molecule has 0 aliphatic rings. The number of imidazole rings is 1. The largest absolute Gasteiger partial charge is 0.492 e. The smallest absolute Gasteiger partial charge is 0.147 e. The zero-order valence-corrected chi connectivity index (χ0v) is 12.8. The maximum absolute atomic E-state index is 6.30. The normalized spacial score (nSPS) is 12.7. The second-order valence-electron chi connectivity index (χ2n) is 4.86. The molecule has 110 valence electrons. The van der Waals surface area contributed by atoms with Crippen molar-refractivity contribution in [3.63, 3.8) is 0 Å². The first-order chi connectivity index (χ1) is 10.2. The number of benzene rings is 1. The van der Waals surface area contributed by atoms with Crippen molar-refractivity contribution >= 4 is 22.6 Å². The molecule has 3 rings (SSSR count). The lowest BCUT2D eigenvalue weighted by Crippen LogP contribution is -2.05. The molecule has 0 saturated heterocycles. The van der Waals surface area contributed by atoms with E-state index in [1.807, 2.05) is 38.1 Å². The van der Waals surface area contributed by atoms with Crippen molar-refractivity contribution in [2.24, 2.45) is 0 Å². The van der Waals surface area contributed by atoms with Crippen LogP contribution in [0.15, 0.2) is 41.2 Å². The van der Waals surface area contributed by atoms with E-state index < -0.39 is 0 Å². The molecule has 0 fully saturated rings. The number of ether oxygens (including phenoxy) is 1. The Kier molecular flexibility index (Phi) is 3.88. The Balaban J connectivity index is 2.15. The van der Waals surface area contributed by atoms with Gasteiger partial charge in [0.15, 0.2) is 0 Å². The summed E-state index contributed by atoms with van der Waals surface area (Å²) in [6.07, 6.45) is 3.41. The Hall–Kier alpha value is -1.94. The van der Waals surface area contributed by atoms with Gasteiger partial charge >= 0.3 is 0 Å². The van der Waals surface area contributed by atoms with E-state index in [1.165, 1.54) is 0 Å². The van der Waals surface area contributed by atoms with E-state index in [4.69, 9.17) is 20.8 Å². The highest BCUT2D eigenvalue weighted by atomic mass is 35.5. The van der Waals surface area contributed by atoms with Crippen LogP contribution in [0.25, 0.3) is 11.0 Å². The van der Waals surface area contributed by atoms with Crippen LogP contribution >= 0.6 is 11.6 Å². The van der Waals surface area contributed by atoms with Crippen LogP contribution < -0.4 is 4.74 Å². The molecule has 5 heteroatoms. The molecule has 0 bridgehead atoms. The van der Waals surface area contributed by atoms with Gasteiger partial charge in [-0.3, -0.25) is 0 Å². The molecule has 0 radical (unpaired) electrons. The van der Waals surface area contributed by atoms with Crippen molar-refractivity contribution in [1.82, 2.24) is 9.55 Å². The number of hydrogen-bond acceptors (Lipinski definition) is 3. The van der Waals surface area contributed by atoms with Crippen molar-refractivity contribution in [3.05, 3.63) is 48.2 Å². The SMILES string of the molecule is CCOc1cccc2c1nc(C(C)Cl)n2Cc1ccoc1. The lowest BCUT2D eigenvalue weighted by Gasteiger charge is -2.09. The molecule has 0 saturated carbocycles. The maximum atomic E-state index is 6.30. The van der Waals surface area contributed by atoms with E-state index in [2.05, 4.69) is 9.55 Å². The van der Waals surface area contributed by atoms with Crippen LogP contribution in [-0.4, -0.2) is 16.2 Å². The quantitative estimate of drug-likeness (QED) is 0.657. The van der Waals surface area contributed by atoms with Crippen molar-refractivity contribution in [1.29, 1.82) is 0 Å². The summed E-state index contributed by atoms with van der Waals surface area (Å²) in [7, 11) is 0. The van der Waals surface area contributed by atoms with Gasteiger partial charge in [0, 0.05) is 5.56 Å². The Morgan fingerprint density at radius 1 is 1.38 bits per heavy atom. The van der Waals surface area contributed by atoms with Gasteiger partial charge in [0.1, 0.15) is 17.1 Å². The van der Waals surface area contributed by atoms with Crippen molar-refractivity contribution in [3.8, 4) is 5.75 Å². The van der Waals surface area contributed by atoms with E-state index in [0.29, 0.717) is 13.2 Å². The zero-order chi connectivity index (χ0) is 14.8. The van der Waals surface area contributed by atoms with Crippen molar-refractivity contribution < 1.29 is 9.15 Å². The third-order valence-electron chi connectivity index (χ3n) is 3.35. The minimum absolute atomic E-state index is 0.182. The molecule has 0 spiro atoms. The molecular weight excluding hydrogens is 288 g/mol. The maximum Gasteiger partial charge on any atom is 0.147 e. The molecule has 4 nitrogen and oxygen atoms in total. The summed E-state index contributed by atoms with van der Waals surface area (Å²) in [6.45, 7) is 5.18. The summed E-state index contributed by atoms with van der Waals surface area (Å²) in [5, 5.41) is -0.182. The second-order valence-corrected chi connectivity index (χ2v) is 5.52. The average molecular weight is 305 g/mol. The van der Waals surface area contributed by atoms with Crippen molar-refractivity contribution in [2.45, 2.75) is 25.8 Å². The fourth-order valence-corrected chi connectivity index (χ4v) is 2.61. The zero-order valence-electron chi connectivity index (χ0n) is 12.0. The summed E-state index contributed by atoms with van der Waals surface area (Å²) < 4.78 is 12.9. The number of rotatable bonds is 5. The Labute approximate surface area is 128 Å². The molecule has 0 N–H and O–H groups in total. The second kappa shape index (κ2) is 5.82. The summed E-state index contributed by atoms with van der Waals surface area (Å²) in [6, 6.07) is 7.89. The molecule has 0 aliphatic heterocycles. The number of halogens is 1. The topological polar surface area (TPSA) is 40.2 Å². The highest BCUT2D eigenvalue weighted by Gasteiger charge is 2.18. The molecule has 1 unspecified atom stereocenters. The van der Waals surface area contributed by atoms with E-state index in [-0.39, 0.29) is 5.38 Å². The highest BCUT2D eigenvalue weighted by molar-refractivity contribution is 6.20. The van der Waals surface area contributed by atoms with Gasteiger partial charge in [-0.1, -0.05) is 6.07 Å². The first-order valence-corrected chi connectivity index (χ1v) is 7.41. The van der Waals surface area contributed by atoms with E-state index >= 15 is 0 Å². The van der Waals surface area contributed by atoms with Crippen LogP contribution in [0.4, 0.5) is 0 Å². The summed E-state index contributed by atoms with van der Waals surface area (Å²) >= 11 is 6.30. The molecular formula is C16H17ClN2O2. The number of para-hydroxylation sites is 1. The van der Waals surface area contributed by atoms with Crippen LogP contribution in [0.1, 0.15) is 30.6 Å². The van der Waals surface area contributed by atoms with Crippen LogP contribution in [0.5, 0.6) is 5.75 Å². The Morgan fingerprint density at radius 3 is 2.90 bits per heavy atom. The van der Waals surface area contributed by atoms with E-state index in [0.717, 1.165) is 28.2 Å². The summed E-state index contributed by atoms with van der Waals surface area (Å²) in [5.74, 6) is 1.62. The van der Waals surface area contributed by atoms with Gasteiger partial charge in [0.05, 0.1) is 36.6 Å². The minimum Gasteiger partial charge on any atom is -0.492 e. The van der Waals surface area contributed by atoms with Crippen LogP contribution in [0, 0.1) is 0 Å². The lowest BCUT2D eigenvalue weighted by molar-refractivity contribution is 0.343. The van der Waals surface area contributed by atoms with Gasteiger partial charge in [-0.05, 0) is 32.0 Å². The fraction of sp³-hybridized carbons (Fsp3) is 0.312. The number of nitrogens with zero attached hydrogens (tertiary/aromatic N) is 2. The predicted octanol–water partition coefficient (Wildman–Crippen LogP) is 4.38. The Morgan fingerprint density at radius 2 is 2.24 bits per heavy atom. The van der Waals surface area contributed by atoms with Crippen LogP contribution in [-0.2, 0) is 6.54 Å². The van der Waals surface area contributed by atoms with E-state index in [1.54, 1.807) is 12.5 Å². The summed E-state index contributed by atoms with van der Waals surface area (Å²) in [5.41, 5.74) is 2.95. The van der Waals surface area contributed by atoms with Crippen LogP contribution in [0.2, 0.25) is 0 Å². The Bertz CT molecular complexity index is 732. The lowest BCUT2D eigenvalue weighted by atomic mass is 10.2. The minimum atomic E-state index is -0.182. The van der Waals surface area contributed by atoms with Crippen LogP contribution in [0.3, 0.4) is 0 Å². The number of hydrogen-bond donors (Lipinski definition) is 0. The first-order valence-electron chi connectivity index (χ1n) is 6.97. The first kappa shape index (κ1) is 14.0. The number of aromatic nitrogens is 2. The van der Waals surface area contributed by atoms with Gasteiger partial charge in [-0.25, -0.2) is 4.98 Å². The molecule has 0 aliphatic carbocycles. The molecule has 1 aromatic carbocycles. The van der Waals surface area contributed by atoms with Gasteiger partial charge in [0.2, 0.25) is 0 Å². The molecule has 21 heavy (non-hydrogen) atoms. The van der Waals surface area contributed by atoms with Crippen molar-refractivity contribution in [2.75, 3.05) is 6.61 Å². The molecule has 3 aromatic rings. The molecule has 2 aromatic heterocycles. The third kappa shape index (κ3) is 2.63. The number of fused-ring (bicyclic) bond motifs is 1. The third-order valence-corrected chi connectivity index (χ3v) is 3.54. The molecule has 1 atom stereocenters. The summed E-state index contributed by atoms with van der Waals surface area (Å²) in [4.78, 5) is 4.69. The predicted molar refractivity (Wildman–Crippen MR) is 83.0 cm³/mol. The molecule has 2 heterocycles. The monoisotopic (exact) mass is 304 g/mol. The average Bonchev–Trinajstić information content (AvgIpc) is 3.09. The standard InChI is InChI=1S/C16H17ClN2O2/c1-3-21-14-6-4-5-13-15(14)18-16(11(2)17)19(13)9-12-7-8-20-10-12/h4-8,10-11H,3,9H2,1-2H3.